The normalized spacial score (nSPS) is 12.4. The van der Waals surface area contributed by atoms with Gasteiger partial charge in [-0.2, -0.15) is 0 Å². The summed E-state index contributed by atoms with van der Waals surface area (Å²) in [6.07, 6.45) is 0. The molecule has 0 radical (unpaired) electrons. The number of hydrogen-bond acceptors (Lipinski definition) is 2. The van der Waals surface area contributed by atoms with Gasteiger partial charge in [0.25, 0.3) is 0 Å². The molecule has 1 unspecified atom stereocenters. The van der Waals surface area contributed by atoms with Crippen LogP contribution in [0.1, 0.15) is 29.7 Å². The van der Waals surface area contributed by atoms with Crippen LogP contribution in [0.2, 0.25) is 0 Å². The molecule has 2 aromatic carbocycles. The van der Waals surface area contributed by atoms with Crippen molar-refractivity contribution < 1.29 is 13.9 Å². The summed E-state index contributed by atoms with van der Waals surface area (Å²) in [4.78, 5) is 0. The molecule has 0 saturated heterocycles. The molecule has 2 nitrogen and oxygen atoms in total. The van der Waals surface area contributed by atoms with Gasteiger partial charge < -0.3 is 10.4 Å². The molecule has 2 rings (SSSR count). The summed E-state index contributed by atoms with van der Waals surface area (Å²) in [5, 5.41) is 12.3. The second kappa shape index (κ2) is 6.59. The van der Waals surface area contributed by atoms with Crippen LogP contribution in [0.15, 0.2) is 42.5 Å². The van der Waals surface area contributed by atoms with Crippen LogP contribution in [0.3, 0.4) is 0 Å². The van der Waals surface area contributed by atoms with Gasteiger partial charge in [0, 0.05) is 18.2 Å². The van der Waals surface area contributed by atoms with E-state index in [-0.39, 0.29) is 19.2 Å². The number of aliphatic hydroxyl groups excluding tert-OH is 1. The van der Waals surface area contributed by atoms with Crippen molar-refractivity contribution in [1.29, 1.82) is 0 Å². The molecule has 0 bridgehead atoms. The fraction of sp³-hybridized carbons (Fsp3) is 0.250. The minimum Gasteiger partial charge on any atom is -0.392 e. The zero-order valence-corrected chi connectivity index (χ0v) is 11.2. The van der Waals surface area contributed by atoms with Gasteiger partial charge >= 0.3 is 0 Å². The maximum absolute atomic E-state index is 13.5. The van der Waals surface area contributed by atoms with E-state index in [0.29, 0.717) is 5.56 Å². The quantitative estimate of drug-likeness (QED) is 0.879. The van der Waals surface area contributed by atoms with Crippen LogP contribution in [0.4, 0.5) is 8.78 Å². The highest BCUT2D eigenvalue weighted by Gasteiger charge is 2.08. The van der Waals surface area contributed by atoms with Crippen LogP contribution in [0, 0.1) is 11.6 Å². The van der Waals surface area contributed by atoms with Gasteiger partial charge in [0.2, 0.25) is 0 Å². The Balaban J connectivity index is 2.04. The van der Waals surface area contributed by atoms with Crippen molar-refractivity contribution in [2.24, 2.45) is 0 Å². The molecule has 20 heavy (non-hydrogen) atoms. The standard InChI is InChI=1S/C16H17F2NO/c1-11(13-4-2-3-12(7-13)10-20)19-9-14-8-15(17)5-6-16(14)18/h2-8,11,19-20H,9-10H2,1H3. The van der Waals surface area contributed by atoms with Crippen molar-refractivity contribution in [1.82, 2.24) is 5.32 Å². The first kappa shape index (κ1) is 14.6. The van der Waals surface area contributed by atoms with E-state index in [2.05, 4.69) is 5.32 Å². The van der Waals surface area contributed by atoms with Gasteiger partial charge in [0.15, 0.2) is 0 Å². The summed E-state index contributed by atoms with van der Waals surface area (Å²) >= 11 is 0. The van der Waals surface area contributed by atoms with E-state index in [1.807, 2.05) is 31.2 Å². The molecule has 0 heterocycles. The Labute approximate surface area is 117 Å². The molecule has 0 spiro atoms. The highest BCUT2D eigenvalue weighted by molar-refractivity contribution is 5.25. The Bertz CT molecular complexity index is 586. The lowest BCUT2D eigenvalue weighted by Crippen LogP contribution is -2.19. The van der Waals surface area contributed by atoms with Gasteiger partial charge in [-0.05, 0) is 36.2 Å². The number of nitrogens with one attached hydrogen (secondary N) is 1. The van der Waals surface area contributed by atoms with Gasteiger partial charge in [-0.15, -0.1) is 0 Å². The van der Waals surface area contributed by atoms with E-state index in [4.69, 9.17) is 5.11 Å². The molecule has 4 heteroatoms. The fourth-order valence-corrected chi connectivity index (χ4v) is 2.02. The lowest BCUT2D eigenvalue weighted by Gasteiger charge is -2.15. The van der Waals surface area contributed by atoms with Crippen LogP contribution < -0.4 is 5.32 Å². The Morgan fingerprint density at radius 3 is 2.70 bits per heavy atom. The van der Waals surface area contributed by atoms with E-state index in [0.717, 1.165) is 23.3 Å². The molecule has 0 amide bonds. The molecule has 1 atom stereocenters. The van der Waals surface area contributed by atoms with E-state index in [1.54, 1.807) is 0 Å². The molecule has 106 valence electrons. The van der Waals surface area contributed by atoms with E-state index < -0.39 is 11.6 Å². The number of benzene rings is 2. The van der Waals surface area contributed by atoms with Crippen molar-refractivity contribution in [2.75, 3.05) is 0 Å². The predicted molar refractivity (Wildman–Crippen MR) is 74.0 cm³/mol. The maximum Gasteiger partial charge on any atom is 0.127 e. The first-order valence-electron chi connectivity index (χ1n) is 6.47. The third-order valence-corrected chi connectivity index (χ3v) is 3.24. The van der Waals surface area contributed by atoms with Crippen LogP contribution in [-0.4, -0.2) is 5.11 Å². The number of rotatable bonds is 5. The monoisotopic (exact) mass is 277 g/mol. The lowest BCUT2D eigenvalue weighted by atomic mass is 10.0. The fourth-order valence-electron chi connectivity index (χ4n) is 2.02. The average Bonchev–Trinajstić information content (AvgIpc) is 2.48. The molecule has 0 aliphatic heterocycles. The summed E-state index contributed by atoms with van der Waals surface area (Å²) in [5.74, 6) is -0.867. The Morgan fingerprint density at radius 2 is 1.95 bits per heavy atom. The van der Waals surface area contributed by atoms with Crippen LogP contribution in [0.25, 0.3) is 0 Å². The summed E-state index contributed by atoms with van der Waals surface area (Å²) in [6.45, 7) is 2.17. The third kappa shape index (κ3) is 3.62. The third-order valence-electron chi connectivity index (χ3n) is 3.24. The lowest BCUT2D eigenvalue weighted by molar-refractivity contribution is 0.281. The molecule has 0 saturated carbocycles. The first-order valence-corrected chi connectivity index (χ1v) is 6.47. The van der Waals surface area contributed by atoms with Gasteiger partial charge in [0.05, 0.1) is 6.61 Å². The zero-order valence-electron chi connectivity index (χ0n) is 11.2. The van der Waals surface area contributed by atoms with Crippen molar-refractivity contribution in [2.45, 2.75) is 26.1 Å². The van der Waals surface area contributed by atoms with Crippen molar-refractivity contribution in [3.8, 4) is 0 Å². The van der Waals surface area contributed by atoms with Gasteiger partial charge in [-0.25, -0.2) is 8.78 Å². The summed E-state index contributed by atoms with van der Waals surface area (Å²) < 4.78 is 26.6. The largest absolute Gasteiger partial charge is 0.392 e. The number of halogens is 2. The summed E-state index contributed by atoms with van der Waals surface area (Å²) in [6, 6.07) is 10.9. The molecule has 0 fully saturated rings. The second-order valence-electron chi connectivity index (χ2n) is 4.74. The zero-order chi connectivity index (χ0) is 14.5. The first-order chi connectivity index (χ1) is 9.60. The van der Waals surface area contributed by atoms with E-state index in [9.17, 15) is 8.78 Å². The predicted octanol–water partition coefficient (Wildman–Crippen LogP) is 3.31. The molecule has 0 aliphatic rings. The minimum atomic E-state index is -0.446. The van der Waals surface area contributed by atoms with E-state index >= 15 is 0 Å². The molecular formula is C16H17F2NO. The van der Waals surface area contributed by atoms with Gasteiger partial charge in [-0.1, -0.05) is 24.3 Å². The van der Waals surface area contributed by atoms with Crippen molar-refractivity contribution in [3.05, 3.63) is 70.8 Å². The number of hydrogen-bond donors (Lipinski definition) is 2. The topological polar surface area (TPSA) is 32.3 Å². The van der Waals surface area contributed by atoms with Gasteiger partial charge in [0.1, 0.15) is 11.6 Å². The summed E-state index contributed by atoms with van der Waals surface area (Å²) in [5.41, 5.74) is 2.12. The molecule has 0 aliphatic carbocycles. The molecular weight excluding hydrogens is 260 g/mol. The van der Waals surface area contributed by atoms with Crippen LogP contribution >= 0.6 is 0 Å². The highest BCUT2D eigenvalue weighted by atomic mass is 19.1. The van der Waals surface area contributed by atoms with Crippen molar-refractivity contribution in [3.63, 3.8) is 0 Å². The minimum absolute atomic E-state index is 0.0148. The van der Waals surface area contributed by atoms with Crippen LogP contribution in [-0.2, 0) is 13.2 Å². The second-order valence-corrected chi connectivity index (χ2v) is 4.74. The molecule has 2 aromatic rings. The van der Waals surface area contributed by atoms with Crippen LogP contribution in [0.5, 0.6) is 0 Å². The van der Waals surface area contributed by atoms with Gasteiger partial charge in [-0.3, -0.25) is 0 Å². The Kier molecular flexibility index (Phi) is 4.82. The Hall–Kier alpha value is -1.78. The SMILES string of the molecule is CC(NCc1cc(F)ccc1F)c1cccc(CO)c1. The average molecular weight is 277 g/mol. The highest BCUT2D eigenvalue weighted by Crippen LogP contribution is 2.16. The van der Waals surface area contributed by atoms with E-state index in [1.165, 1.54) is 6.07 Å². The smallest absolute Gasteiger partial charge is 0.127 e. The maximum atomic E-state index is 13.5. The number of aliphatic hydroxyl groups is 1. The van der Waals surface area contributed by atoms with Crippen molar-refractivity contribution >= 4 is 0 Å². The molecule has 0 aromatic heterocycles. The summed E-state index contributed by atoms with van der Waals surface area (Å²) in [7, 11) is 0. The molecule has 2 N–H and O–H groups in total. The Morgan fingerprint density at radius 1 is 1.15 bits per heavy atom.